The van der Waals surface area contributed by atoms with Crippen molar-refractivity contribution >= 4 is 46.7 Å². The zero-order valence-corrected chi connectivity index (χ0v) is 13.0. The van der Waals surface area contributed by atoms with Gasteiger partial charge in [0.05, 0.1) is 16.5 Å². The number of halogens is 2. The molecule has 6 nitrogen and oxygen atoms in total. The van der Waals surface area contributed by atoms with Crippen LogP contribution >= 0.6 is 23.2 Å². The minimum absolute atomic E-state index is 0.0626. The second-order valence-electron chi connectivity index (χ2n) is 4.31. The van der Waals surface area contributed by atoms with Crippen molar-refractivity contribution in [2.75, 3.05) is 5.32 Å². The monoisotopic (exact) mass is 332 g/mol. The molecule has 0 unspecified atom stereocenters. The van der Waals surface area contributed by atoms with Crippen LogP contribution in [-0.2, 0) is 19.1 Å². The number of ketones is 1. The molecule has 1 heterocycles. The molecular formula is C13H14Cl2N2O4. The van der Waals surface area contributed by atoms with E-state index in [9.17, 15) is 14.4 Å². The van der Waals surface area contributed by atoms with Crippen molar-refractivity contribution < 1.29 is 19.1 Å². The van der Waals surface area contributed by atoms with Gasteiger partial charge in [0.1, 0.15) is 5.78 Å². The van der Waals surface area contributed by atoms with Gasteiger partial charge in [-0.15, -0.1) is 0 Å². The van der Waals surface area contributed by atoms with Crippen molar-refractivity contribution in [1.82, 2.24) is 4.98 Å². The van der Waals surface area contributed by atoms with Crippen LogP contribution in [0.1, 0.15) is 26.7 Å². The standard InChI is InChI=1S/C13H14Cl2N2O4/c1-7(18)3-4-11(19)21-8(2)13(20)17-12-10(15)5-9(14)6-16-12/h5-6,8H,3-4H2,1-2H3,(H,16,17,20)/t8-/m0/s1. The van der Waals surface area contributed by atoms with Crippen LogP contribution in [0.5, 0.6) is 0 Å². The lowest BCUT2D eigenvalue weighted by atomic mass is 10.2. The fourth-order valence-electron chi connectivity index (χ4n) is 1.31. The first-order valence-electron chi connectivity index (χ1n) is 6.10. The largest absolute Gasteiger partial charge is 0.453 e. The number of nitrogens with one attached hydrogen (secondary N) is 1. The number of pyridine rings is 1. The Morgan fingerprint density at radius 2 is 2.00 bits per heavy atom. The van der Waals surface area contributed by atoms with Crippen LogP contribution in [0.4, 0.5) is 5.82 Å². The molecule has 1 aromatic heterocycles. The zero-order chi connectivity index (χ0) is 16.0. The summed E-state index contributed by atoms with van der Waals surface area (Å²) in [5.74, 6) is -1.20. The summed E-state index contributed by atoms with van der Waals surface area (Å²) in [6.45, 7) is 2.78. The van der Waals surface area contributed by atoms with E-state index in [0.29, 0.717) is 5.02 Å². The first kappa shape index (κ1) is 17.4. The highest BCUT2D eigenvalue weighted by molar-refractivity contribution is 6.36. The van der Waals surface area contributed by atoms with Gasteiger partial charge in [-0.25, -0.2) is 4.98 Å². The number of hydrogen-bond acceptors (Lipinski definition) is 5. The van der Waals surface area contributed by atoms with E-state index >= 15 is 0 Å². The number of aromatic nitrogens is 1. The van der Waals surface area contributed by atoms with Crippen LogP contribution in [0.2, 0.25) is 10.0 Å². The number of hydrogen-bond donors (Lipinski definition) is 1. The predicted octanol–water partition coefficient (Wildman–Crippen LogP) is 2.63. The summed E-state index contributed by atoms with van der Waals surface area (Å²) in [4.78, 5) is 37.9. The Hall–Kier alpha value is -1.66. The summed E-state index contributed by atoms with van der Waals surface area (Å²) in [6, 6.07) is 1.43. The molecule has 1 rings (SSSR count). The summed E-state index contributed by atoms with van der Waals surface area (Å²) < 4.78 is 4.90. The number of carbonyl (C=O) groups is 3. The average molecular weight is 333 g/mol. The lowest BCUT2D eigenvalue weighted by molar-refractivity contribution is -0.153. The van der Waals surface area contributed by atoms with Gasteiger partial charge in [0, 0.05) is 12.6 Å². The molecular weight excluding hydrogens is 319 g/mol. The van der Waals surface area contributed by atoms with Crippen molar-refractivity contribution in [2.45, 2.75) is 32.8 Å². The maximum atomic E-state index is 11.8. The van der Waals surface area contributed by atoms with Crippen molar-refractivity contribution in [3.63, 3.8) is 0 Å². The molecule has 0 aromatic carbocycles. The SMILES string of the molecule is CC(=O)CCC(=O)O[C@@H](C)C(=O)Nc1ncc(Cl)cc1Cl. The molecule has 0 bridgehead atoms. The Morgan fingerprint density at radius 1 is 1.33 bits per heavy atom. The predicted molar refractivity (Wildman–Crippen MR) is 78.4 cm³/mol. The molecule has 0 aliphatic heterocycles. The molecule has 1 N–H and O–H groups in total. The van der Waals surface area contributed by atoms with Gasteiger partial charge in [-0.05, 0) is 19.9 Å². The minimum atomic E-state index is -1.03. The summed E-state index contributed by atoms with van der Waals surface area (Å²) in [6.07, 6.45) is 0.315. The second kappa shape index (κ2) is 7.95. The van der Waals surface area contributed by atoms with E-state index in [1.807, 2.05) is 0 Å². The molecule has 1 atom stereocenters. The number of esters is 1. The van der Waals surface area contributed by atoms with Gasteiger partial charge in [0.2, 0.25) is 0 Å². The van der Waals surface area contributed by atoms with Gasteiger partial charge in [-0.3, -0.25) is 9.59 Å². The molecule has 21 heavy (non-hydrogen) atoms. The van der Waals surface area contributed by atoms with Gasteiger partial charge >= 0.3 is 5.97 Å². The van der Waals surface area contributed by atoms with Crippen LogP contribution in [-0.4, -0.2) is 28.7 Å². The Kier molecular flexibility index (Phi) is 6.58. The van der Waals surface area contributed by atoms with E-state index in [1.54, 1.807) is 0 Å². The van der Waals surface area contributed by atoms with Gasteiger partial charge in [0.15, 0.2) is 11.9 Å². The molecule has 114 valence electrons. The van der Waals surface area contributed by atoms with Crippen LogP contribution in [0.15, 0.2) is 12.3 Å². The van der Waals surface area contributed by atoms with Crippen LogP contribution in [0.25, 0.3) is 0 Å². The molecule has 1 aromatic rings. The quantitative estimate of drug-likeness (QED) is 0.809. The molecule has 0 radical (unpaired) electrons. The zero-order valence-electron chi connectivity index (χ0n) is 11.5. The maximum Gasteiger partial charge on any atom is 0.307 e. The summed E-state index contributed by atoms with van der Waals surface area (Å²) in [5, 5.41) is 2.93. The average Bonchev–Trinajstić information content (AvgIpc) is 2.39. The highest BCUT2D eigenvalue weighted by atomic mass is 35.5. The molecule has 8 heteroatoms. The van der Waals surface area contributed by atoms with Crippen molar-refractivity contribution in [1.29, 1.82) is 0 Å². The number of anilines is 1. The number of ether oxygens (including phenoxy) is 1. The third kappa shape index (κ3) is 6.10. The Balaban J connectivity index is 2.54. The minimum Gasteiger partial charge on any atom is -0.453 e. The Bertz CT molecular complexity index is 563. The van der Waals surface area contributed by atoms with E-state index in [-0.39, 0.29) is 29.5 Å². The number of Topliss-reactive ketones (excluding diaryl/α,β-unsaturated/α-hetero) is 1. The van der Waals surface area contributed by atoms with Gasteiger partial charge in [-0.1, -0.05) is 23.2 Å². The van der Waals surface area contributed by atoms with E-state index in [1.165, 1.54) is 26.1 Å². The fraction of sp³-hybridized carbons (Fsp3) is 0.385. The van der Waals surface area contributed by atoms with Crippen molar-refractivity contribution in [3.8, 4) is 0 Å². The van der Waals surface area contributed by atoms with Gasteiger partial charge in [0.25, 0.3) is 5.91 Å². The van der Waals surface area contributed by atoms with Crippen LogP contribution < -0.4 is 5.32 Å². The third-order valence-corrected chi connectivity index (χ3v) is 2.90. The fourth-order valence-corrected chi connectivity index (χ4v) is 1.74. The third-order valence-electron chi connectivity index (χ3n) is 2.41. The number of amides is 1. The number of rotatable bonds is 6. The topological polar surface area (TPSA) is 85.4 Å². The van der Waals surface area contributed by atoms with E-state index in [4.69, 9.17) is 27.9 Å². The lowest BCUT2D eigenvalue weighted by Crippen LogP contribution is -2.30. The molecule has 0 spiro atoms. The van der Waals surface area contributed by atoms with Crippen LogP contribution in [0, 0.1) is 0 Å². The highest BCUT2D eigenvalue weighted by Crippen LogP contribution is 2.22. The first-order chi connectivity index (χ1) is 9.79. The highest BCUT2D eigenvalue weighted by Gasteiger charge is 2.19. The van der Waals surface area contributed by atoms with Gasteiger partial charge < -0.3 is 14.8 Å². The Morgan fingerprint density at radius 3 is 2.57 bits per heavy atom. The maximum absolute atomic E-state index is 11.8. The summed E-state index contributed by atoms with van der Waals surface area (Å²) >= 11 is 11.6. The molecule has 0 aliphatic carbocycles. The first-order valence-corrected chi connectivity index (χ1v) is 6.86. The van der Waals surface area contributed by atoms with E-state index in [0.717, 1.165) is 0 Å². The summed E-state index contributed by atoms with van der Waals surface area (Å²) in [5.41, 5.74) is 0. The number of carbonyl (C=O) groups excluding carboxylic acids is 3. The molecule has 0 fully saturated rings. The van der Waals surface area contributed by atoms with E-state index < -0.39 is 18.0 Å². The second-order valence-corrected chi connectivity index (χ2v) is 5.15. The van der Waals surface area contributed by atoms with Crippen molar-refractivity contribution in [3.05, 3.63) is 22.3 Å². The molecule has 1 amide bonds. The lowest BCUT2D eigenvalue weighted by Gasteiger charge is -2.13. The smallest absolute Gasteiger partial charge is 0.307 e. The molecule has 0 saturated heterocycles. The molecule has 0 saturated carbocycles. The van der Waals surface area contributed by atoms with Crippen LogP contribution in [0.3, 0.4) is 0 Å². The van der Waals surface area contributed by atoms with E-state index in [2.05, 4.69) is 10.3 Å². The Labute approximate surface area is 131 Å². The summed E-state index contributed by atoms with van der Waals surface area (Å²) in [7, 11) is 0. The number of nitrogens with zero attached hydrogens (tertiary/aromatic N) is 1. The normalized spacial score (nSPS) is 11.6. The van der Waals surface area contributed by atoms with Crippen molar-refractivity contribution in [2.24, 2.45) is 0 Å². The molecule has 0 aliphatic rings. The van der Waals surface area contributed by atoms with Gasteiger partial charge in [-0.2, -0.15) is 0 Å².